The van der Waals surface area contributed by atoms with Crippen LogP contribution in [0, 0.1) is 5.41 Å². The molecule has 0 radical (unpaired) electrons. The van der Waals surface area contributed by atoms with E-state index < -0.39 is 41.0 Å². The van der Waals surface area contributed by atoms with Crippen LogP contribution in [0.2, 0.25) is 5.31 Å². The molecule has 0 amide bonds. The normalized spacial score (nSPS) is 25.0. The smallest absolute Gasteiger partial charge is 0.468 e. The molecule has 0 bridgehead atoms. The molecule has 1 saturated heterocycles. The molecule has 0 spiro atoms. The summed E-state index contributed by atoms with van der Waals surface area (Å²) in [4.78, 5) is 25.0. The van der Waals surface area contributed by atoms with Gasteiger partial charge in [-0.15, -0.1) is 0 Å². The van der Waals surface area contributed by atoms with Crippen LogP contribution in [0.25, 0.3) is 0 Å². The van der Waals surface area contributed by atoms with Gasteiger partial charge in [0, 0.05) is 11.7 Å². The molecule has 2 rings (SSSR count). The quantitative estimate of drug-likeness (QED) is 0.415. The van der Waals surface area contributed by atoms with Crippen molar-refractivity contribution in [3.05, 3.63) is 23.8 Å². The predicted molar refractivity (Wildman–Crippen MR) is 103 cm³/mol. The fourth-order valence-corrected chi connectivity index (χ4v) is 3.70. The average molecular weight is 378 g/mol. The number of esters is 2. The van der Waals surface area contributed by atoms with E-state index in [1.807, 2.05) is 41.5 Å². The molecule has 6 nitrogen and oxygen atoms in total. The lowest BCUT2D eigenvalue weighted by molar-refractivity contribution is -0.164. The third-order valence-electron chi connectivity index (χ3n) is 6.49. The van der Waals surface area contributed by atoms with Crippen LogP contribution in [-0.2, 0) is 28.4 Å². The predicted octanol–water partition coefficient (Wildman–Crippen LogP) is 3.47. The first-order valence-corrected chi connectivity index (χ1v) is 9.25. The number of carbonyl (C=O) groups excluding carboxylic acids is 2. The number of hydrogen-bond donors (Lipinski definition) is 0. The Morgan fingerprint density at radius 2 is 1.59 bits per heavy atom. The summed E-state index contributed by atoms with van der Waals surface area (Å²) in [6, 6.07) is 0. The Labute approximate surface area is 162 Å². The highest BCUT2D eigenvalue weighted by molar-refractivity contribution is 6.51. The minimum Gasteiger partial charge on any atom is -0.468 e. The number of ether oxygens (including phenoxy) is 2. The maximum Gasteiger partial charge on any atom is 0.468 e. The molecule has 150 valence electrons. The van der Waals surface area contributed by atoms with E-state index >= 15 is 0 Å². The van der Waals surface area contributed by atoms with Crippen LogP contribution in [0.3, 0.4) is 0 Å². The first kappa shape index (κ1) is 21.7. The van der Waals surface area contributed by atoms with Crippen LogP contribution in [0.15, 0.2) is 23.8 Å². The monoisotopic (exact) mass is 378 g/mol. The van der Waals surface area contributed by atoms with Crippen molar-refractivity contribution in [2.45, 2.75) is 70.9 Å². The van der Waals surface area contributed by atoms with E-state index in [1.54, 1.807) is 6.08 Å². The van der Waals surface area contributed by atoms with Gasteiger partial charge < -0.3 is 18.8 Å². The fourth-order valence-electron chi connectivity index (χ4n) is 3.70. The molecule has 27 heavy (non-hydrogen) atoms. The first-order valence-electron chi connectivity index (χ1n) is 9.25. The van der Waals surface area contributed by atoms with Crippen molar-refractivity contribution in [2.75, 3.05) is 14.2 Å². The molecular weight excluding hydrogens is 347 g/mol. The van der Waals surface area contributed by atoms with Crippen LogP contribution < -0.4 is 0 Å². The lowest BCUT2D eigenvalue weighted by atomic mass is 9.52. The van der Waals surface area contributed by atoms with Crippen molar-refractivity contribution in [3.8, 4) is 0 Å². The van der Waals surface area contributed by atoms with Gasteiger partial charge in [-0.2, -0.15) is 0 Å². The van der Waals surface area contributed by atoms with E-state index in [0.717, 1.165) is 5.57 Å². The molecule has 0 aromatic carbocycles. The zero-order valence-corrected chi connectivity index (χ0v) is 17.7. The van der Waals surface area contributed by atoms with E-state index in [0.29, 0.717) is 12.0 Å². The van der Waals surface area contributed by atoms with E-state index in [-0.39, 0.29) is 6.42 Å². The Balaban J connectivity index is 2.54. The number of methoxy groups -OCH3 is 2. The largest absolute Gasteiger partial charge is 0.468 e. The third kappa shape index (κ3) is 3.15. The van der Waals surface area contributed by atoms with Gasteiger partial charge in [-0.1, -0.05) is 32.1 Å². The molecule has 1 aliphatic carbocycles. The van der Waals surface area contributed by atoms with Crippen LogP contribution >= 0.6 is 0 Å². The number of rotatable bonds is 5. The van der Waals surface area contributed by atoms with Gasteiger partial charge in [0.15, 0.2) is 5.41 Å². The molecule has 0 aromatic rings. The Kier molecular flexibility index (Phi) is 5.45. The van der Waals surface area contributed by atoms with Gasteiger partial charge in [0.05, 0.1) is 25.4 Å². The minimum atomic E-state index is -1.52. The summed E-state index contributed by atoms with van der Waals surface area (Å²) < 4.78 is 22.4. The number of carbonyl (C=O) groups is 2. The molecule has 1 unspecified atom stereocenters. The minimum absolute atomic E-state index is 0.122. The zero-order chi connectivity index (χ0) is 20.8. The highest BCUT2D eigenvalue weighted by atomic mass is 16.7. The molecule has 0 saturated carbocycles. The van der Waals surface area contributed by atoms with Crippen molar-refractivity contribution in [2.24, 2.45) is 5.41 Å². The molecule has 1 aliphatic heterocycles. The molecule has 0 aromatic heterocycles. The van der Waals surface area contributed by atoms with E-state index in [1.165, 1.54) is 14.2 Å². The van der Waals surface area contributed by atoms with Gasteiger partial charge in [0.1, 0.15) is 0 Å². The lowest BCUT2D eigenvalue weighted by Gasteiger charge is -2.32. The van der Waals surface area contributed by atoms with Crippen LogP contribution in [0.1, 0.15) is 54.4 Å². The highest BCUT2D eigenvalue weighted by Crippen LogP contribution is 2.57. The van der Waals surface area contributed by atoms with Crippen LogP contribution in [0.4, 0.5) is 0 Å². The van der Waals surface area contributed by atoms with Crippen LogP contribution in [-0.4, -0.2) is 44.5 Å². The second-order valence-corrected chi connectivity index (χ2v) is 8.65. The molecule has 1 heterocycles. The summed E-state index contributed by atoms with van der Waals surface area (Å²) in [5, 5.41) is -0.591. The summed E-state index contributed by atoms with van der Waals surface area (Å²) >= 11 is 0. The van der Waals surface area contributed by atoms with Gasteiger partial charge >= 0.3 is 19.1 Å². The number of allylic oxidation sites excluding steroid dienone is 2. The maximum atomic E-state index is 12.5. The number of hydrogen-bond acceptors (Lipinski definition) is 6. The standard InChI is InChI=1S/C20H31BO6/c1-10-19(7,21-26-17(3,4)18(5,6)27-21)14-12-20(11-13(14)2,15(22)24-8)16(23)25-9/h12H,2,10-11H2,1,3-9H3. The fraction of sp³-hybridized carbons (Fsp3) is 0.700. The van der Waals surface area contributed by atoms with Crippen molar-refractivity contribution >= 4 is 19.1 Å². The summed E-state index contributed by atoms with van der Waals surface area (Å²) in [5.41, 5.74) is -1.04. The molecule has 1 atom stereocenters. The van der Waals surface area contributed by atoms with E-state index in [2.05, 4.69) is 6.58 Å². The Morgan fingerprint density at radius 3 is 1.96 bits per heavy atom. The third-order valence-corrected chi connectivity index (χ3v) is 6.49. The Bertz CT molecular complexity index is 661. The summed E-state index contributed by atoms with van der Waals surface area (Å²) in [6.45, 7) is 16.1. The van der Waals surface area contributed by atoms with Gasteiger partial charge in [0.25, 0.3) is 0 Å². The molecule has 7 heteroatoms. The van der Waals surface area contributed by atoms with Gasteiger partial charge in [-0.25, -0.2) is 0 Å². The first-order chi connectivity index (χ1) is 12.3. The van der Waals surface area contributed by atoms with Gasteiger partial charge in [-0.3, -0.25) is 9.59 Å². The van der Waals surface area contributed by atoms with Gasteiger partial charge in [0.2, 0.25) is 0 Å². The van der Waals surface area contributed by atoms with Crippen molar-refractivity contribution in [1.82, 2.24) is 0 Å². The Morgan fingerprint density at radius 1 is 1.15 bits per heavy atom. The maximum absolute atomic E-state index is 12.5. The second-order valence-electron chi connectivity index (χ2n) is 8.65. The topological polar surface area (TPSA) is 71.1 Å². The van der Waals surface area contributed by atoms with Gasteiger partial charge in [-0.05, 0) is 39.7 Å². The summed E-state index contributed by atoms with van der Waals surface area (Å²) in [6.07, 6.45) is 2.44. The molecular formula is C20H31BO6. The van der Waals surface area contributed by atoms with E-state index in [9.17, 15) is 9.59 Å². The zero-order valence-electron chi connectivity index (χ0n) is 17.7. The van der Waals surface area contributed by atoms with Crippen LogP contribution in [0.5, 0.6) is 0 Å². The van der Waals surface area contributed by atoms with Crippen molar-refractivity contribution in [3.63, 3.8) is 0 Å². The SMILES string of the molecule is C=C1CC(C(=O)OC)(C(=O)OC)C=C1C(C)(CC)B1OC(C)(C)C(C)(C)O1. The molecule has 0 N–H and O–H groups in total. The summed E-state index contributed by atoms with van der Waals surface area (Å²) in [7, 11) is 1.98. The molecule has 1 fully saturated rings. The average Bonchev–Trinajstić information content (AvgIpc) is 3.07. The lowest BCUT2D eigenvalue weighted by Crippen LogP contribution is -2.41. The summed E-state index contributed by atoms with van der Waals surface area (Å²) in [5.74, 6) is -1.31. The van der Waals surface area contributed by atoms with Crippen molar-refractivity contribution < 1.29 is 28.4 Å². The van der Waals surface area contributed by atoms with E-state index in [4.69, 9.17) is 18.8 Å². The molecule has 2 aliphatic rings. The Hall–Kier alpha value is -1.60. The second kappa shape index (κ2) is 6.78. The van der Waals surface area contributed by atoms with Crippen molar-refractivity contribution in [1.29, 1.82) is 0 Å². The highest BCUT2D eigenvalue weighted by Gasteiger charge is 2.61.